The quantitative estimate of drug-likeness (QED) is 0.787. The highest BCUT2D eigenvalue weighted by atomic mass is 19.4. The summed E-state index contributed by atoms with van der Waals surface area (Å²) in [6, 6.07) is 17.1. The predicted molar refractivity (Wildman–Crippen MR) is 92.7 cm³/mol. The second kappa shape index (κ2) is 5.87. The molecule has 1 saturated carbocycles. The molecule has 0 bridgehead atoms. The van der Waals surface area contributed by atoms with Gasteiger partial charge in [0.25, 0.3) is 0 Å². The fraction of sp³-hybridized carbons (Fsp3) is 0.300. The molecule has 2 aliphatic rings. The highest BCUT2D eigenvalue weighted by Crippen LogP contribution is 2.57. The van der Waals surface area contributed by atoms with Gasteiger partial charge < -0.3 is 0 Å². The van der Waals surface area contributed by atoms with E-state index in [2.05, 4.69) is 5.10 Å². The van der Waals surface area contributed by atoms with Gasteiger partial charge in [0.2, 0.25) is 0 Å². The van der Waals surface area contributed by atoms with Crippen LogP contribution in [0.1, 0.15) is 30.4 Å². The van der Waals surface area contributed by atoms with Crippen LogP contribution < -0.4 is 5.01 Å². The SMILES string of the molecule is N#Cc1ccc(N2N=C(c3ccccc3)CC2(C2CC2)C(F)(F)F)cc1. The number of rotatable bonds is 3. The van der Waals surface area contributed by atoms with Gasteiger partial charge in [0, 0.05) is 6.42 Å². The van der Waals surface area contributed by atoms with Crippen LogP contribution in [0.15, 0.2) is 59.7 Å². The summed E-state index contributed by atoms with van der Waals surface area (Å²) in [6.45, 7) is 0. The number of halogens is 3. The lowest BCUT2D eigenvalue weighted by molar-refractivity contribution is -0.189. The highest BCUT2D eigenvalue weighted by molar-refractivity contribution is 6.04. The maximum absolute atomic E-state index is 14.3. The molecule has 0 amide bonds. The average Bonchev–Trinajstić information content (AvgIpc) is 3.41. The summed E-state index contributed by atoms with van der Waals surface area (Å²) < 4.78 is 42.9. The van der Waals surface area contributed by atoms with Crippen LogP contribution in [0.5, 0.6) is 0 Å². The lowest BCUT2D eigenvalue weighted by Gasteiger charge is -2.39. The third kappa shape index (κ3) is 2.55. The highest BCUT2D eigenvalue weighted by Gasteiger charge is 2.68. The van der Waals surface area contributed by atoms with E-state index in [1.165, 1.54) is 12.1 Å². The van der Waals surface area contributed by atoms with Crippen molar-refractivity contribution < 1.29 is 13.2 Å². The van der Waals surface area contributed by atoms with Crippen molar-refractivity contribution in [3.8, 4) is 6.07 Å². The minimum absolute atomic E-state index is 0.162. The Labute approximate surface area is 149 Å². The molecule has 1 aliphatic heterocycles. The first-order valence-electron chi connectivity index (χ1n) is 8.46. The van der Waals surface area contributed by atoms with Crippen molar-refractivity contribution in [2.24, 2.45) is 11.0 Å². The van der Waals surface area contributed by atoms with Gasteiger partial charge in [-0.15, -0.1) is 0 Å². The van der Waals surface area contributed by atoms with Crippen molar-refractivity contribution in [1.29, 1.82) is 5.26 Å². The molecule has 1 fully saturated rings. The monoisotopic (exact) mass is 355 g/mol. The minimum Gasteiger partial charge on any atom is -0.249 e. The second-order valence-electron chi connectivity index (χ2n) is 6.76. The number of anilines is 1. The third-order valence-corrected chi connectivity index (χ3v) is 5.13. The molecule has 0 N–H and O–H groups in total. The van der Waals surface area contributed by atoms with E-state index in [0.717, 1.165) is 5.01 Å². The first-order chi connectivity index (χ1) is 12.5. The summed E-state index contributed by atoms with van der Waals surface area (Å²) in [6.07, 6.45) is -3.49. The smallest absolute Gasteiger partial charge is 0.249 e. The second-order valence-corrected chi connectivity index (χ2v) is 6.76. The van der Waals surface area contributed by atoms with Gasteiger partial charge in [-0.2, -0.15) is 23.5 Å². The normalized spacial score (nSPS) is 22.8. The summed E-state index contributed by atoms with van der Waals surface area (Å²) in [7, 11) is 0. The molecule has 2 aromatic rings. The lowest BCUT2D eigenvalue weighted by atomic mass is 9.85. The van der Waals surface area contributed by atoms with E-state index in [1.54, 1.807) is 36.4 Å². The predicted octanol–water partition coefficient (Wildman–Crippen LogP) is 4.88. The molecule has 4 rings (SSSR count). The van der Waals surface area contributed by atoms with E-state index in [4.69, 9.17) is 5.26 Å². The molecule has 0 aromatic heterocycles. The Morgan fingerprint density at radius 3 is 2.23 bits per heavy atom. The number of hydrogen-bond acceptors (Lipinski definition) is 3. The summed E-state index contributed by atoms with van der Waals surface area (Å²) in [4.78, 5) is 0. The van der Waals surface area contributed by atoms with E-state index in [-0.39, 0.29) is 6.42 Å². The Hall–Kier alpha value is -2.81. The van der Waals surface area contributed by atoms with E-state index in [0.29, 0.717) is 35.4 Å². The first-order valence-corrected chi connectivity index (χ1v) is 8.46. The molecule has 0 spiro atoms. The summed E-state index contributed by atoms with van der Waals surface area (Å²) in [5, 5.41) is 14.5. The zero-order valence-electron chi connectivity index (χ0n) is 13.9. The van der Waals surface area contributed by atoms with Gasteiger partial charge in [-0.05, 0) is 48.6 Å². The van der Waals surface area contributed by atoms with Crippen molar-refractivity contribution in [3.63, 3.8) is 0 Å². The van der Waals surface area contributed by atoms with Gasteiger partial charge in [0.15, 0.2) is 5.54 Å². The van der Waals surface area contributed by atoms with Crippen LogP contribution >= 0.6 is 0 Å². The molecule has 1 aliphatic carbocycles. The Balaban J connectivity index is 1.84. The van der Waals surface area contributed by atoms with Crippen molar-refractivity contribution in [3.05, 3.63) is 65.7 Å². The third-order valence-electron chi connectivity index (χ3n) is 5.13. The fourth-order valence-corrected chi connectivity index (χ4v) is 3.66. The van der Waals surface area contributed by atoms with Gasteiger partial charge in [-0.3, -0.25) is 0 Å². The van der Waals surface area contributed by atoms with Crippen LogP contribution in [0.4, 0.5) is 18.9 Å². The van der Waals surface area contributed by atoms with Gasteiger partial charge >= 0.3 is 6.18 Å². The van der Waals surface area contributed by atoms with Crippen molar-refractivity contribution in [2.45, 2.75) is 31.0 Å². The summed E-state index contributed by atoms with van der Waals surface area (Å²) >= 11 is 0. The number of benzene rings is 2. The Kier molecular flexibility index (Phi) is 3.76. The topological polar surface area (TPSA) is 39.4 Å². The van der Waals surface area contributed by atoms with Crippen LogP contribution in [0.3, 0.4) is 0 Å². The van der Waals surface area contributed by atoms with Crippen LogP contribution in [-0.4, -0.2) is 17.4 Å². The number of hydrazone groups is 1. The van der Waals surface area contributed by atoms with Gasteiger partial charge in [0.1, 0.15) is 0 Å². The van der Waals surface area contributed by atoms with Crippen LogP contribution in [0.2, 0.25) is 0 Å². The maximum atomic E-state index is 14.3. The molecular weight excluding hydrogens is 339 g/mol. The number of nitriles is 1. The molecule has 0 saturated heterocycles. The minimum atomic E-state index is -4.41. The van der Waals surface area contributed by atoms with Gasteiger partial charge in [0.05, 0.1) is 23.0 Å². The lowest BCUT2D eigenvalue weighted by Crippen LogP contribution is -2.57. The zero-order valence-corrected chi connectivity index (χ0v) is 13.9. The van der Waals surface area contributed by atoms with Crippen molar-refractivity contribution >= 4 is 11.4 Å². The molecule has 1 atom stereocenters. The van der Waals surface area contributed by atoms with E-state index >= 15 is 0 Å². The van der Waals surface area contributed by atoms with Gasteiger partial charge in [-0.25, -0.2) is 5.01 Å². The maximum Gasteiger partial charge on any atom is 0.414 e. The summed E-state index contributed by atoms with van der Waals surface area (Å²) in [5.41, 5.74) is -0.104. The zero-order chi connectivity index (χ0) is 18.4. The van der Waals surface area contributed by atoms with E-state index < -0.39 is 17.6 Å². The number of hydrogen-bond donors (Lipinski definition) is 0. The number of nitrogens with zero attached hydrogens (tertiary/aromatic N) is 3. The average molecular weight is 355 g/mol. The Bertz CT molecular complexity index is 877. The van der Waals surface area contributed by atoms with Crippen LogP contribution in [0, 0.1) is 17.2 Å². The van der Waals surface area contributed by atoms with Crippen LogP contribution in [0.25, 0.3) is 0 Å². The fourth-order valence-electron chi connectivity index (χ4n) is 3.66. The largest absolute Gasteiger partial charge is 0.414 e. The van der Waals surface area contributed by atoms with Crippen LogP contribution in [-0.2, 0) is 0 Å². The molecular formula is C20H16F3N3. The molecule has 1 heterocycles. The van der Waals surface area contributed by atoms with E-state index in [1.807, 2.05) is 12.1 Å². The molecule has 1 unspecified atom stereocenters. The van der Waals surface area contributed by atoms with Gasteiger partial charge in [-0.1, -0.05) is 30.3 Å². The number of alkyl halides is 3. The van der Waals surface area contributed by atoms with Crippen molar-refractivity contribution in [2.75, 3.05) is 5.01 Å². The summed E-state index contributed by atoms with van der Waals surface area (Å²) in [5.74, 6) is -0.469. The molecule has 3 nitrogen and oxygen atoms in total. The Morgan fingerprint density at radius 1 is 1.04 bits per heavy atom. The van der Waals surface area contributed by atoms with E-state index in [9.17, 15) is 13.2 Å². The van der Waals surface area contributed by atoms with Crippen molar-refractivity contribution in [1.82, 2.24) is 0 Å². The Morgan fingerprint density at radius 2 is 1.69 bits per heavy atom. The first kappa shape index (κ1) is 16.6. The molecule has 2 aromatic carbocycles. The molecule has 132 valence electrons. The molecule has 0 radical (unpaired) electrons. The standard InChI is InChI=1S/C20H16F3N3/c21-20(22,23)19(16-8-9-16)12-18(15-4-2-1-3-5-15)25-26(19)17-10-6-14(13-24)7-11-17/h1-7,10-11,16H,8-9,12H2. The molecule has 6 heteroatoms. The molecule has 26 heavy (non-hydrogen) atoms.